The van der Waals surface area contributed by atoms with Crippen molar-refractivity contribution in [3.05, 3.63) is 66.2 Å². The molecule has 136 valence electrons. The highest BCUT2D eigenvalue weighted by molar-refractivity contribution is 6.04. The van der Waals surface area contributed by atoms with E-state index in [1.165, 1.54) is 0 Å². The summed E-state index contributed by atoms with van der Waals surface area (Å²) >= 11 is 0. The van der Waals surface area contributed by atoms with E-state index in [4.69, 9.17) is 13.9 Å². The number of hydrogen-bond donors (Lipinski definition) is 1. The summed E-state index contributed by atoms with van der Waals surface area (Å²) in [6.07, 6.45) is 0.960. The average molecular weight is 363 g/mol. The van der Waals surface area contributed by atoms with Gasteiger partial charge in [-0.2, -0.15) is 0 Å². The van der Waals surface area contributed by atoms with Gasteiger partial charge in [0.05, 0.1) is 12.7 Å². The number of rotatable bonds is 5. The number of fused-ring (bicyclic) bond motifs is 1. The first kappa shape index (κ1) is 16.8. The lowest BCUT2D eigenvalue weighted by molar-refractivity contribution is 0.0282. The van der Waals surface area contributed by atoms with Crippen LogP contribution in [0, 0.1) is 0 Å². The molecule has 0 saturated heterocycles. The van der Waals surface area contributed by atoms with E-state index in [2.05, 4.69) is 15.2 Å². The number of nitrogens with zero attached hydrogens (tertiary/aromatic N) is 2. The minimum absolute atomic E-state index is 0.231. The summed E-state index contributed by atoms with van der Waals surface area (Å²) < 4.78 is 16.3. The predicted octanol–water partition coefficient (Wildman–Crippen LogP) is 4.14. The quantitative estimate of drug-likeness (QED) is 0.536. The molecule has 4 aromatic rings. The maximum absolute atomic E-state index is 12.5. The van der Waals surface area contributed by atoms with E-state index in [0.29, 0.717) is 11.5 Å². The van der Waals surface area contributed by atoms with Gasteiger partial charge in [-0.15, -0.1) is 10.2 Å². The average Bonchev–Trinajstić information content (AvgIpc) is 3.35. The van der Waals surface area contributed by atoms with Gasteiger partial charge in [0.1, 0.15) is 5.75 Å². The minimum atomic E-state index is -0.675. The lowest BCUT2D eigenvalue weighted by atomic mass is 10.2. The molecule has 2 aromatic carbocycles. The van der Waals surface area contributed by atoms with Crippen molar-refractivity contribution in [2.45, 2.75) is 13.0 Å². The summed E-state index contributed by atoms with van der Waals surface area (Å²) in [6, 6.07) is 14.8. The molecular weight excluding hydrogens is 346 g/mol. The zero-order valence-corrected chi connectivity index (χ0v) is 14.8. The van der Waals surface area contributed by atoms with Crippen LogP contribution in [0.15, 0.2) is 59.1 Å². The second-order valence-electron chi connectivity index (χ2n) is 5.97. The molecule has 27 heavy (non-hydrogen) atoms. The summed E-state index contributed by atoms with van der Waals surface area (Å²) in [6.45, 7) is 1.69. The molecule has 4 rings (SSSR count). The van der Waals surface area contributed by atoms with E-state index in [-0.39, 0.29) is 5.89 Å². The summed E-state index contributed by atoms with van der Waals surface area (Å²) in [7, 11) is 1.60. The fraction of sp³-hybridized carbons (Fsp3) is 0.150. The number of aromatic amines is 1. The largest absolute Gasteiger partial charge is 0.497 e. The Kier molecular flexibility index (Phi) is 4.33. The fourth-order valence-electron chi connectivity index (χ4n) is 2.76. The number of hydrogen-bond acceptors (Lipinski definition) is 6. The third-order valence-electron chi connectivity index (χ3n) is 4.22. The molecule has 7 heteroatoms. The van der Waals surface area contributed by atoms with Crippen LogP contribution >= 0.6 is 0 Å². The molecule has 0 amide bonds. The maximum Gasteiger partial charge on any atom is 0.341 e. The highest BCUT2D eigenvalue weighted by Crippen LogP contribution is 2.26. The van der Waals surface area contributed by atoms with E-state index in [9.17, 15) is 4.79 Å². The molecule has 1 N–H and O–H groups in total. The minimum Gasteiger partial charge on any atom is -0.497 e. The van der Waals surface area contributed by atoms with Crippen LogP contribution < -0.4 is 4.74 Å². The van der Waals surface area contributed by atoms with Crippen LogP contribution in [0.3, 0.4) is 0 Å². The van der Waals surface area contributed by atoms with Gasteiger partial charge in [-0.25, -0.2) is 4.79 Å². The van der Waals surface area contributed by atoms with Gasteiger partial charge in [0.25, 0.3) is 5.89 Å². The van der Waals surface area contributed by atoms with Gasteiger partial charge in [0, 0.05) is 22.7 Å². The molecule has 2 aromatic heterocycles. The number of nitrogens with one attached hydrogen (secondary N) is 1. The number of esters is 1. The maximum atomic E-state index is 12.5. The molecule has 0 unspecified atom stereocenters. The lowest BCUT2D eigenvalue weighted by Crippen LogP contribution is -2.09. The van der Waals surface area contributed by atoms with E-state index in [1.807, 2.05) is 36.4 Å². The second-order valence-corrected chi connectivity index (χ2v) is 5.97. The molecular formula is C20H17N3O4. The standard InChI is InChI=1S/C20H17N3O4/c1-12(26-20(24)16-11-21-17-6-4-3-5-15(16)17)18-22-23-19(27-18)13-7-9-14(25-2)10-8-13/h3-12,21H,1-2H3/t12-/m1/s1. The molecule has 0 saturated carbocycles. The normalized spacial score (nSPS) is 12.1. The first-order valence-corrected chi connectivity index (χ1v) is 8.40. The molecule has 7 nitrogen and oxygen atoms in total. The van der Waals surface area contributed by atoms with Crippen molar-refractivity contribution in [2.75, 3.05) is 7.11 Å². The van der Waals surface area contributed by atoms with Gasteiger partial charge in [0.2, 0.25) is 5.89 Å². The summed E-state index contributed by atoms with van der Waals surface area (Å²) in [4.78, 5) is 15.6. The van der Waals surface area contributed by atoms with E-state index < -0.39 is 12.1 Å². The van der Waals surface area contributed by atoms with Crippen molar-refractivity contribution in [1.82, 2.24) is 15.2 Å². The summed E-state index contributed by atoms with van der Waals surface area (Å²) in [5, 5.41) is 8.83. The van der Waals surface area contributed by atoms with Crippen molar-refractivity contribution < 1.29 is 18.7 Å². The molecule has 0 fully saturated rings. The second kappa shape index (κ2) is 6.95. The number of ether oxygens (including phenoxy) is 2. The van der Waals surface area contributed by atoms with Gasteiger partial charge in [-0.3, -0.25) is 0 Å². The van der Waals surface area contributed by atoms with E-state index in [1.54, 1.807) is 32.4 Å². The first-order chi connectivity index (χ1) is 13.2. The Bertz CT molecular complexity index is 1080. The zero-order chi connectivity index (χ0) is 18.8. The van der Waals surface area contributed by atoms with E-state index >= 15 is 0 Å². The van der Waals surface area contributed by atoms with Gasteiger partial charge in [-0.05, 0) is 37.3 Å². The molecule has 0 aliphatic carbocycles. The molecule has 2 heterocycles. The van der Waals surface area contributed by atoms with Crippen molar-refractivity contribution in [3.8, 4) is 17.2 Å². The highest BCUT2D eigenvalue weighted by Gasteiger charge is 2.21. The molecule has 0 radical (unpaired) electrons. The first-order valence-electron chi connectivity index (χ1n) is 8.40. The van der Waals surface area contributed by atoms with Gasteiger partial charge in [-0.1, -0.05) is 18.2 Å². The Hall–Kier alpha value is -3.61. The summed E-state index contributed by atoms with van der Waals surface area (Å²) in [5.41, 5.74) is 2.09. The smallest absolute Gasteiger partial charge is 0.341 e. The molecule has 0 aliphatic heterocycles. The fourth-order valence-corrected chi connectivity index (χ4v) is 2.76. The van der Waals surface area contributed by atoms with Crippen molar-refractivity contribution in [2.24, 2.45) is 0 Å². The number of aromatic nitrogens is 3. The predicted molar refractivity (Wildman–Crippen MR) is 98.4 cm³/mol. The topological polar surface area (TPSA) is 90.2 Å². The van der Waals surface area contributed by atoms with Crippen LogP contribution in [0.5, 0.6) is 5.75 Å². The Morgan fingerprint density at radius 2 is 1.89 bits per heavy atom. The SMILES string of the molecule is COc1ccc(-c2nnc([C@@H](C)OC(=O)c3c[nH]c4ccccc34)o2)cc1. The van der Waals surface area contributed by atoms with Crippen LogP contribution in [0.2, 0.25) is 0 Å². The van der Waals surface area contributed by atoms with Gasteiger partial charge >= 0.3 is 5.97 Å². The van der Waals surface area contributed by atoms with Gasteiger partial charge < -0.3 is 18.9 Å². The summed E-state index contributed by atoms with van der Waals surface area (Å²) in [5.74, 6) is 0.861. The van der Waals surface area contributed by atoms with Crippen LogP contribution in [-0.2, 0) is 4.74 Å². The van der Waals surface area contributed by atoms with Crippen molar-refractivity contribution in [3.63, 3.8) is 0 Å². The third kappa shape index (κ3) is 3.27. The van der Waals surface area contributed by atoms with Crippen molar-refractivity contribution in [1.29, 1.82) is 0 Å². The Balaban J connectivity index is 1.50. The van der Waals surface area contributed by atoms with E-state index in [0.717, 1.165) is 22.2 Å². The number of carbonyl (C=O) groups is 1. The lowest BCUT2D eigenvalue weighted by Gasteiger charge is -2.08. The third-order valence-corrected chi connectivity index (χ3v) is 4.22. The Morgan fingerprint density at radius 1 is 1.11 bits per heavy atom. The van der Waals surface area contributed by atoms with Crippen LogP contribution in [0.1, 0.15) is 29.3 Å². The number of methoxy groups -OCH3 is 1. The highest BCUT2D eigenvalue weighted by atomic mass is 16.6. The zero-order valence-electron chi connectivity index (χ0n) is 14.8. The number of para-hydroxylation sites is 1. The van der Waals surface area contributed by atoms with Gasteiger partial charge in [0.15, 0.2) is 6.10 Å². The van der Waals surface area contributed by atoms with Crippen molar-refractivity contribution >= 4 is 16.9 Å². The monoisotopic (exact) mass is 363 g/mol. The molecule has 0 bridgehead atoms. The Labute approximate surface area is 154 Å². The number of H-pyrrole nitrogens is 1. The molecule has 0 aliphatic rings. The molecule has 1 atom stereocenters. The number of benzene rings is 2. The van der Waals surface area contributed by atoms with Crippen LogP contribution in [0.25, 0.3) is 22.4 Å². The molecule has 0 spiro atoms. The Morgan fingerprint density at radius 3 is 2.67 bits per heavy atom. The number of carbonyl (C=O) groups excluding carboxylic acids is 1. The van der Waals surface area contributed by atoms with Crippen LogP contribution in [0.4, 0.5) is 0 Å². The van der Waals surface area contributed by atoms with Crippen LogP contribution in [-0.4, -0.2) is 28.3 Å².